The summed E-state index contributed by atoms with van der Waals surface area (Å²) in [5.41, 5.74) is 0.211. The molecule has 3 rings (SSSR count). The highest BCUT2D eigenvalue weighted by Gasteiger charge is 2.26. The van der Waals surface area contributed by atoms with Crippen LogP contribution in [-0.2, 0) is 0 Å². The van der Waals surface area contributed by atoms with Crippen molar-refractivity contribution in [1.82, 2.24) is 9.97 Å². The normalized spacial score (nSPS) is 11.3. The van der Waals surface area contributed by atoms with Crippen LogP contribution in [0.2, 0.25) is 0 Å². The van der Waals surface area contributed by atoms with Gasteiger partial charge >= 0.3 is 5.69 Å². The summed E-state index contributed by atoms with van der Waals surface area (Å²) in [6.45, 7) is 5.74. The van der Waals surface area contributed by atoms with E-state index in [1.807, 2.05) is 63.2 Å². The highest BCUT2D eigenvalue weighted by molar-refractivity contribution is 5.96. The Bertz CT molecular complexity index is 929. The van der Waals surface area contributed by atoms with Gasteiger partial charge in [-0.3, -0.25) is 10.1 Å². The number of fused-ring (bicyclic) bond motifs is 1. The second kappa shape index (κ2) is 6.35. The van der Waals surface area contributed by atoms with Crippen molar-refractivity contribution in [2.75, 3.05) is 10.6 Å². The lowest BCUT2D eigenvalue weighted by molar-refractivity contribution is -0.383. The maximum Gasteiger partial charge on any atom is 0.353 e. The van der Waals surface area contributed by atoms with Crippen LogP contribution in [0.15, 0.2) is 48.8 Å². The predicted molar refractivity (Wildman–Crippen MR) is 99.3 cm³/mol. The molecule has 0 unspecified atom stereocenters. The molecule has 25 heavy (non-hydrogen) atoms. The van der Waals surface area contributed by atoms with Crippen LogP contribution in [0.1, 0.15) is 20.8 Å². The lowest BCUT2D eigenvalue weighted by Crippen LogP contribution is -2.27. The zero-order valence-electron chi connectivity index (χ0n) is 14.3. The third-order valence-corrected chi connectivity index (χ3v) is 3.54. The molecule has 7 nitrogen and oxygen atoms in total. The quantitative estimate of drug-likeness (QED) is 0.538. The molecule has 2 aromatic carbocycles. The van der Waals surface area contributed by atoms with Crippen molar-refractivity contribution >= 4 is 33.8 Å². The van der Waals surface area contributed by atoms with E-state index in [1.54, 1.807) is 0 Å². The van der Waals surface area contributed by atoms with Crippen molar-refractivity contribution in [3.05, 3.63) is 58.9 Å². The predicted octanol–water partition coefficient (Wildman–Crippen LogP) is 4.49. The van der Waals surface area contributed by atoms with Crippen molar-refractivity contribution in [1.29, 1.82) is 0 Å². The average Bonchev–Trinajstić information content (AvgIpc) is 2.53. The summed E-state index contributed by atoms with van der Waals surface area (Å²) >= 11 is 0. The largest absolute Gasteiger partial charge is 0.360 e. The minimum absolute atomic E-state index is 0.156. The number of aromatic nitrogens is 2. The Morgan fingerprint density at radius 1 is 1.00 bits per heavy atom. The first kappa shape index (κ1) is 16.6. The van der Waals surface area contributed by atoms with E-state index in [-0.39, 0.29) is 22.9 Å². The van der Waals surface area contributed by atoms with Gasteiger partial charge in [-0.05, 0) is 32.2 Å². The van der Waals surface area contributed by atoms with Gasteiger partial charge in [0.1, 0.15) is 6.33 Å². The first-order valence-electron chi connectivity index (χ1n) is 7.87. The Morgan fingerprint density at radius 2 is 1.68 bits per heavy atom. The van der Waals surface area contributed by atoms with Gasteiger partial charge in [-0.25, -0.2) is 9.97 Å². The molecule has 0 aliphatic carbocycles. The molecule has 0 radical (unpaired) electrons. The lowest BCUT2D eigenvalue weighted by atomic mass is 10.1. The first-order chi connectivity index (χ1) is 11.8. The second-order valence-corrected chi connectivity index (χ2v) is 6.70. The van der Waals surface area contributed by atoms with E-state index in [4.69, 9.17) is 0 Å². The molecular weight excluding hydrogens is 318 g/mol. The molecule has 0 aliphatic heterocycles. The molecule has 0 fully saturated rings. The lowest BCUT2D eigenvalue weighted by Gasteiger charge is -2.21. The molecule has 1 heterocycles. The van der Waals surface area contributed by atoms with Gasteiger partial charge in [0.15, 0.2) is 0 Å². The summed E-state index contributed by atoms with van der Waals surface area (Å²) in [6, 6.07) is 13.6. The molecule has 0 saturated carbocycles. The fraction of sp³-hybridized carbons (Fsp3) is 0.222. The van der Waals surface area contributed by atoms with Crippen LogP contribution in [0.4, 0.5) is 23.0 Å². The first-order valence-corrected chi connectivity index (χ1v) is 7.87. The third kappa shape index (κ3) is 3.65. The van der Waals surface area contributed by atoms with Gasteiger partial charge in [0.05, 0.1) is 4.92 Å². The summed E-state index contributed by atoms with van der Waals surface area (Å²) in [5, 5.41) is 19.8. The number of nitro groups is 1. The Kier molecular flexibility index (Phi) is 4.22. The van der Waals surface area contributed by atoms with E-state index in [1.165, 1.54) is 6.33 Å². The topological polar surface area (TPSA) is 93.0 Å². The molecule has 1 aromatic heterocycles. The van der Waals surface area contributed by atoms with Crippen LogP contribution < -0.4 is 10.6 Å². The number of anilines is 3. The zero-order valence-corrected chi connectivity index (χ0v) is 14.3. The Morgan fingerprint density at radius 3 is 2.40 bits per heavy atom. The molecule has 3 aromatic rings. The van der Waals surface area contributed by atoms with E-state index in [0.717, 1.165) is 16.5 Å². The molecule has 0 saturated heterocycles. The minimum Gasteiger partial charge on any atom is -0.360 e. The molecular formula is C18H19N5O2. The summed E-state index contributed by atoms with van der Waals surface area (Å²) < 4.78 is 0. The van der Waals surface area contributed by atoms with Crippen LogP contribution >= 0.6 is 0 Å². The van der Waals surface area contributed by atoms with Crippen LogP contribution in [-0.4, -0.2) is 20.4 Å². The minimum atomic E-state index is -0.471. The molecule has 0 aliphatic rings. The Hall–Kier alpha value is -3.22. The summed E-state index contributed by atoms with van der Waals surface area (Å²) in [5.74, 6) is 0.346. The van der Waals surface area contributed by atoms with Gasteiger partial charge in [0.25, 0.3) is 0 Å². The zero-order chi connectivity index (χ0) is 18.0. The van der Waals surface area contributed by atoms with E-state index in [2.05, 4.69) is 20.6 Å². The fourth-order valence-electron chi connectivity index (χ4n) is 2.55. The maximum atomic E-state index is 11.6. The average molecular weight is 337 g/mol. The van der Waals surface area contributed by atoms with Gasteiger partial charge in [-0.1, -0.05) is 36.4 Å². The summed E-state index contributed by atoms with van der Waals surface area (Å²) in [7, 11) is 0. The second-order valence-electron chi connectivity index (χ2n) is 6.70. The molecule has 0 bridgehead atoms. The smallest absolute Gasteiger partial charge is 0.353 e. The fourth-order valence-corrected chi connectivity index (χ4v) is 2.55. The molecule has 7 heteroatoms. The van der Waals surface area contributed by atoms with E-state index in [9.17, 15) is 10.1 Å². The van der Waals surface area contributed by atoms with Crippen LogP contribution in [0.25, 0.3) is 10.8 Å². The molecule has 128 valence electrons. The van der Waals surface area contributed by atoms with Crippen LogP contribution in [0, 0.1) is 10.1 Å². The number of hydrogen-bond donors (Lipinski definition) is 2. The van der Waals surface area contributed by atoms with Crippen molar-refractivity contribution in [3.8, 4) is 0 Å². The Labute approximate surface area is 145 Å². The van der Waals surface area contributed by atoms with Gasteiger partial charge < -0.3 is 10.6 Å². The van der Waals surface area contributed by atoms with Crippen molar-refractivity contribution < 1.29 is 4.92 Å². The van der Waals surface area contributed by atoms with Crippen molar-refractivity contribution in [2.45, 2.75) is 26.3 Å². The van der Waals surface area contributed by atoms with Crippen LogP contribution in [0.5, 0.6) is 0 Å². The number of nitrogens with zero attached hydrogens (tertiary/aromatic N) is 3. The summed E-state index contributed by atoms with van der Waals surface area (Å²) in [6.07, 6.45) is 1.31. The number of benzene rings is 2. The summed E-state index contributed by atoms with van der Waals surface area (Å²) in [4.78, 5) is 19.3. The number of rotatable bonds is 4. The molecule has 2 N–H and O–H groups in total. The van der Waals surface area contributed by atoms with Gasteiger partial charge in [-0.15, -0.1) is 0 Å². The maximum absolute atomic E-state index is 11.6. The van der Waals surface area contributed by atoms with Crippen LogP contribution in [0.3, 0.4) is 0 Å². The van der Waals surface area contributed by atoms with E-state index in [0.29, 0.717) is 0 Å². The highest BCUT2D eigenvalue weighted by Crippen LogP contribution is 2.34. The number of hydrogen-bond acceptors (Lipinski definition) is 6. The van der Waals surface area contributed by atoms with Gasteiger partial charge in [-0.2, -0.15) is 0 Å². The third-order valence-electron chi connectivity index (χ3n) is 3.54. The highest BCUT2D eigenvalue weighted by atomic mass is 16.6. The van der Waals surface area contributed by atoms with Crippen molar-refractivity contribution in [3.63, 3.8) is 0 Å². The molecule has 0 spiro atoms. The monoisotopic (exact) mass is 337 g/mol. The van der Waals surface area contributed by atoms with Gasteiger partial charge in [0.2, 0.25) is 11.6 Å². The van der Waals surface area contributed by atoms with Crippen molar-refractivity contribution in [2.24, 2.45) is 0 Å². The standard InChI is InChI=1S/C18H19N5O2/c1-18(2,3)22-17-15(23(24)25)16(19-11-20-17)21-14-10-6-8-12-7-4-5-9-13(12)14/h4-11H,1-3H3,(H2,19,20,21,22). The van der Waals surface area contributed by atoms with E-state index < -0.39 is 4.92 Å². The van der Waals surface area contributed by atoms with E-state index >= 15 is 0 Å². The Balaban J connectivity index is 2.08. The number of nitrogens with one attached hydrogen (secondary N) is 2. The SMILES string of the molecule is CC(C)(C)Nc1ncnc(Nc2cccc3ccccc23)c1[N+](=O)[O-]. The van der Waals surface area contributed by atoms with Gasteiger partial charge in [0, 0.05) is 16.6 Å². The molecule has 0 atom stereocenters. The molecule has 0 amide bonds.